The Bertz CT molecular complexity index is 159. The molecule has 0 radical (unpaired) electrons. The van der Waals surface area contributed by atoms with E-state index in [4.69, 9.17) is 0 Å². The molecule has 0 aliphatic carbocycles. The molecule has 0 fully saturated rings. The van der Waals surface area contributed by atoms with Gasteiger partial charge in [-0.05, 0) is 11.8 Å². The highest BCUT2D eigenvalue weighted by Crippen LogP contribution is 2.24. The average molecular weight is 269 g/mol. The van der Waals surface area contributed by atoms with Gasteiger partial charge in [0.05, 0.1) is 0 Å². The minimum Gasteiger partial charge on any atom is -0.0654 e. The van der Waals surface area contributed by atoms with Gasteiger partial charge in [-0.2, -0.15) is 0 Å². The molecule has 0 aromatic rings. The molecule has 19 heavy (non-hydrogen) atoms. The van der Waals surface area contributed by atoms with Crippen LogP contribution in [0.3, 0.4) is 0 Å². The smallest absolute Gasteiger partial charge is 0.0414 e. The molecular weight excluding hydrogens is 228 g/mol. The number of hydrogen-bond acceptors (Lipinski definition) is 0. The van der Waals surface area contributed by atoms with Crippen molar-refractivity contribution in [2.45, 2.75) is 111 Å². The van der Waals surface area contributed by atoms with Gasteiger partial charge in [0.1, 0.15) is 0 Å². The lowest BCUT2D eigenvalue weighted by atomic mass is 9.88. The van der Waals surface area contributed by atoms with Gasteiger partial charge in [-0.25, -0.2) is 0 Å². The Labute approximate surface area is 123 Å². The highest BCUT2D eigenvalue weighted by Gasteiger charge is 2.09. The van der Waals surface area contributed by atoms with Crippen molar-refractivity contribution in [3.63, 3.8) is 0 Å². The van der Waals surface area contributed by atoms with E-state index in [0.29, 0.717) is 0 Å². The zero-order valence-corrected chi connectivity index (χ0v) is 14.3. The summed E-state index contributed by atoms with van der Waals surface area (Å²) in [4.78, 5) is 0. The Kier molecular flexibility index (Phi) is 14.4. The van der Waals surface area contributed by atoms with Gasteiger partial charge in [-0.3, -0.25) is 0 Å². The first-order valence-corrected chi connectivity index (χ1v) is 9.20. The van der Waals surface area contributed by atoms with Crippen molar-refractivity contribution >= 4 is 0 Å². The molecule has 0 aromatic heterocycles. The van der Waals surface area contributed by atoms with Crippen LogP contribution in [0.15, 0.2) is 0 Å². The van der Waals surface area contributed by atoms with E-state index in [1.165, 1.54) is 83.5 Å². The molecular formula is C19H40. The van der Waals surface area contributed by atoms with Crippen molar-refractivity contribution in [3.8, 4) is 0 Å². The molecule has 0 amide bonds. The Morgan fingerprint density at radius 3 is 1.47 bits per heavy atom. The van der Waals surface area contributed by atoms with Crippen molar-refractivity contribution in [1.82, 2.24) is 0 Å². The average Bonchev–Trinajstić information content (AvgIpc) is 2.39. The number of rotatable bonds is 14. The van der Waals surface area contributed by atoms with Gasteiger partial charge < -0.3 is 0 Å². The molecule has 0 heterocycles. The van der Waals surface area contributed by atoms with E-state index in [1.54, 1.807) is 0 Å². The fourth-order valence-electron chi connectivity index (χ4n) is 2.90. The van der Waals surface area contributed by atoms with E-state index < -0.39 is 0 Å². The highest BCUT2D eigenvalue weighted by molar-refractivity contribution is 4.62. The Morgan fingerprint density at radius 1 is 0.526 bits per heavy atom. The molecule has 0 N–H and O–H groups in total. The van der Waals surface area contributed by atoms with Crippen LogP contribution in [0.1, 0.15) is 111 Å². The largest absolute Gasteiger partial charge is 0.0654 e. The molecule has 1 unspecified atom stereocenters. The lowest BCUT2D eigenvalue weighted by molar-refractivity contribution is 0.353. The van der Waals surface area contributed by atoms with Crippen molar-refractivity contribution in [1.29, 1.82) is 0 Å². The summed E-state index contributed by atoms with van der Waals surface area (Å²) in [6.45, 7) is 9.36. The third-order valence-electron chi connectivity index (χ3n) is 4.33. The summed E-state index contributed by atoms with van der Waals surface area (Å²) in [6.07, 6.45) is 18.9. The number of hydrogen-bond donors (Lipinski definition) is 0. The summed E-state index contributed by atoms with van der Waals surface area (Å²) in [5.74, 6) is 1.92. The molecule has 116 valence electrons. The van der Waals surface area contributed by atoms with E-state index in [2.05, 4.69) is 27.7 Å². The van der Waals surface area contributed by atoms with Crippen LogP contribution in [0.2, 0.25) is 0 Å². The van der Waals surface area contributed by atoms with Crippen LogP contribution in [-0.2, 0) is 0 Å². The first-order chi connectivity index (χ1) is 9.20. The van der Waals surface area contributed by atoms with Gasteiger partial charge in [0.15, 0.2) is 0 Å². The molecule has 0 rings (SSSR count). The molecule has 1 atom stereocenters. The third kappa shape index (κ3) is 14.2. The van der Waals surface area contributed by atoms with Gasteiger partial charge in [0, 0.05) is 0 Å². The fraction of sp³-hybridized carbons (Fsp3) is 1.00. The van der Waals surface area contributed by atoms with Crippen LogP contribution in [0.5, 0.6) is 0 Å². The molecule has 0 saturated heterocycles. The van der Waals surface area contributed by atoms with Crippen molar-refractivity contribution in [2.75, 3.05) is 0 Å². The van der Waals surface area contributed by atoms with E-state index in [-0.39, 0.29) is 0 Å². The Balaban J connectivity index is 3.69. The van der Waals surface area contributed by atoms with Crippen LogP contribution in [0.4, 0.5) is 0 Å². The summed E-state index contributed by atoms with van der Waals surface area (Å²) in [5, 5.41) is 0. The molecule has 0 bridgehead atoms. The van der Waals surface area contributed by atoms with Crippen molar-refractivity contribution in [3.05, 3.63) is 0 Å². The SMILES string of the molecule is CCCCCCCC(CCCCCC)CCC(C)C. The third-order valence-corrected chi connectivity index (χ3v) is 4.33. The zero-order chi connectivity index (χ0) is 14.3. The topological polar surface area (TPSA) is 0 Å². The lowest BCUT2D eigenvalue weighted by Gasteiger charge is -2.18. The maximum absolute atomic E-state index is 2.37. The molecule has 0 aliphatic heterocycles. The molecule has 0 nitrogen and oxygen atoms in total. The summed E-state index contributed by atoms with van der Waals surface area (Å²) < 4.78 is 0. The maximum Gasteiger partial charge on any atom is -0.0414 e. The van der Waals surface area contributed by atoms with Gasteiger partial charge in [-0.15, -0.1) is 0 Å². The quantitative estimate of drug-likeness (QED) is 0.288. The molecule has 0 saturated carbocycles. The lowest BCUT2D eigenvalue weighted by Crippen LogP contribution is -2.03. The van der Waals surface area contributed by atoms with Gasteiger partial charge in [-0.1, -0.05) is 111 Å². The van der Waals surface area contributed by atoms with Crippen molar-refractivity contribution in [2.24, 2.45) is 11.8 Å². The second-order valence-corrected chi connectivity index (χ2v) is 6.89. The highest BCUT2D eigenvalue weighted by atomic mass is 14.2. The summed E-state index contributed by atoms with van der Waals surface area (Å²) in [7, 11) is 0. The molecule has 0 aliphatic rings. The van der Waals surface area contributed by atoms with Crippen molar-refractivity contribution < 1.29 is 0 Å². The Morgan fingerprint density at radius 2 is 1.00 bits per heavy atom. The molecule has 0 heteroatoms. The minimum absolute atomic E-state index is 0.887. The second kappa shape index (κ2) is 14.4. The van der Waals surface area contributed by atoms with E-state index >= 15 is 0 Å². The van der Waals surface area contributed by atoms with E-state index in [0.717, 1.165) is 11.8 Å². The van der Waals surface area contributed by atoms with Gasteiger partial charge >= 0.3 is 0 Å². The summed E-state index contributed by atoms with van der Waals surface area (Å²) in [6, 6.07) is 0. The van der Waals surface area contributed by atoms with E-state index in [1.807, 2.05) is 0 Å². The maximum atomic E-state index is 2.37. The van der Waals surface area contributed by atoms with Crippen LogP contribution >= 0.6 is 0 Å². The number of unbranched alkanes of at least 4 members (excludes halogenated alkanes) is 7. The van der Waals surface area contributed by atoms with Crippen LogP contribution in [-0.4, -0.2) is 0 Å². The van der Waals surface area contributed by atoms with Crippen LogP contribution in [0.25, 0.3) is 0 Å². The fourth-order valence-corrected chi connectivity index (χ4v) is 2.90. The Hall–Kier alpha value is 0. The predicted molar refractivity (Wildman–Crippen MR) is 89.7 cm³/mol. The standard InChI is InChI=1S/C19H40/c1-5-7-9-11-13-15-19(17-16-18(3)4)14-12-10-8-6-2/h18-19H,5-17H2,1-4H3. The minimum atomic E-state index is 0.887. The van der Waals surface area contributed by atoms with Crippen LogP contribution < -0.4 is 0 Å². The second-order valence-electron chi connectivity index (χ2n) is 6.89. The predicted octanol–water partition coefficient (Wildman–Crippen LogP) is 7.37. The zero-order valence-electron chi connectivity index (χ0n) is 14.3. The molecule has 0 aromatic carbocycles. The summed E-state index contributed by atoms with van der Waals surface area (Å²) in [5.41, 5.74) is 0. The molecule has 0 spiro atoms. The van der Waals surface area contributed by atoms with Gasteiger partial charge in [0.2, 0.25) is 0 Å². The monoisotopic (exact) mass is 268 g/mol. The van der Waals surface area contributed by atoms with Gasteiger partial charge in [0.25, 0.3) is 0 Å². The normalized spacial score (nSPS) is 13.1. The van der Waals surface area contributed by atoms with E-state index in [9.17, 15) is 0 Å². The first-order valence-electron chi connectivity index (χ1n) is 9.20. The van der Waals surface area contributed by atoms with Crippen LogP contribution in [0, 0.1) is 11.8 Å². The summed E-state index contributed by atoms with van der Waals surface area (Å²) >= 11 is 0. The first kappa shape index (κ1) is 19.0.